The van der Waals surface area contributed by atoms with Crippen LogP contribution < -0.4 is 0 Å². The molecule has 0 bridgehead atoms. The SMILES string of the molecule is CCN(CC)C(=O)OCC=C(C)CCOC(=O)N(CC)CC. The first-order chi connectivity index (χ1) is 10.5. The van der Waals surface area contributed by atoms with Crippen LogP contribution in [0.5, 0.6) is 0 Å². The van der Waals surface area contributed by atoms with Gasteiger partial charge in [0, 0.05) is 32.6 Å². The summed E-state index contributed by atoms with van der Waals surface area (Å²) in [5.74, 6) is 0. The van der Waals surface area contributed by atoms with Gasteiger partial charge in [0.15, 0.2) is 0 Å². The van der Waals surface area contributed by atoms with Crippen molar-refractivity contribution in [1.29, 1.82) is 0 Å². The Balaban J connectivity index is 4.00. The first-order valence-electron chi connectivity index (χ1n) is 7.98. The molecule has 0 aromatic carbocycles. The number of rotatable bonds is 9. The van der Waals surface area contributed by atoms with E-state index in [-0.39, 0.29) is 18.8 Å². The lowest BCUT2D eigenvalue weighted by Gasteiger charge is -2.18. The van der Waals surface area contributed by atoms with Gasteiger partial charge in [-0.3, -0.25) is 0 Å². The minimum absolute atomic E-state index is 0.241. The molecule has 0 heterocycles. The largest absolute Gasteiger partial charge is 0.449 e. The fourth-order valence-corrected chi connectivity index (χ4v) is 1.80. The third-order valence-corrected chi connectivity index (χ3v) is 3.40. The van der Waals surface area contributed by atoms with Crippen molar-refractivity contribution in [2.75, 3.05) is 39.4 Å². The zero-order valence-electron chi connectivity index (χ0n) is 14.6. The molecule has 0 aromatic rings. The molecule has 128 valence electrons. The smallest absolute Gasteiger partial charge is 0.410 e. The van der Waals surface area contributed by atoms with Crippen molar-refractivity contribution in [3.8, 4) is 0 Å². The fraction of sp³-hybridized carbons (Fsp3) is 0.750. The van der Waals surface area contributed by atoms with E-state index >= 15 is 0 Å². The van der Waals surface area contributed by atoms with Crippen LogP contribution in [-0.4, -0.2) is 61.4 Å². The lowest BCUT2D eigenvalue weighted by molar-refractivity contribution is 0.107. The normalized spacial score (nSPS) is 11.0. The van der Waals surface area contributed by atoms with Crippen LogP contribution in [0, 0.1) is 0 Å². The monoisotopic (exact) mass is 314 g/mol. The molecule has 0 N–H and O–H groups in total. The van der Waals surface area contributed by atoms with E-state index in [9.17, 15) is 9.59 Å². The highest BCUT2D eigenvalue weighted by atomic mass is 16.6. The first kappa shape index (κ1) is 20.3. The lowest BCUT2D eigenvalue weighted by Crippen LogP contribution is -2.31. The quantitative estimate of drug-likeness (QED) is 0.613. The van der Waals surface area contributed by atoms with Crippen LogP contribution in [-0.2, 0) is 9.47 Å². The van der Waals surface area contributed by atoms with Gasteiger partial charge in [0.05, 0.1) is 6.61 Å². The van der Waals surface area contributed by atoms with Gasteiger partial charge in [0.2, 0.25) is 0 Å². The number of hydrogen-bond acceptors (Lipinski definition) is 4. The minimum Gasteiger partial charge on any atom is -0.449 e. The van der Waals surface area contributed by atoms with Gasteiger partial charge in [-0.2, -0.15) is 0 Å². The summed E-state index contributed by atoms with van der Waals surface area (Å²) in [6.45, 7) is 12.7. The van der Waals surface area contributed by atoms with E-state index in [0.29, 0.717) is 39.2 Å². The summed E-state index contributed by atoms with van der Waals surface area (Å²) in [6.07, 6.45) is 1.88. The van der Waals surface area contributed by atoms with Crippen LogP contribution in [0.1, 0.15) is 41.0 Å². The Morgan fingerprint density at radius 2 is 1.32 bits per heavy atom. The predicted molar refractivity (Wildman–Crippen MR) is 86.9 cm³/mol. The summed E-state index contributed by atoms with van der Waals surface area (Å²) >= 11 is 0. The zero-order valence-corrected chi connectivity index (χ0v) is 14.6. The van der Waals surface area contributed by atoms with Gasteiger partial charge in [-0.15, -0.1) is 0 Å². The standard InChI is InChI=1S/C16H30N2O4/c1-6-17(7-2)15(19)21-12-10-14(5)11-13-22-16(20)18(8-3)9-4/h10H,6-9,11-13H2,1-5H3. The van der Waals surface area contributed by atoms with E-state index in [0.717, 1.165) is 5.57 Å². The van der Waals surface area contributed by atoms with Crippen molar-refractivity contribution in [2.24, 2.45) is 0 Å². The molecule has 0 saturated heterocycles. The number of amides is 2. The zero-order chi connectivity index (χ0) is 17.0. The van der Waals surface area contributed by atoms with Crippen LogP contribution in [0.4, 0.5) is 9.59 Å². The maximum atomic E-state index is 11.6. The number of nitrogens with zero attached hydrogens (tertiary/aromatic N) is 2. The number of hydrogen-bond donors (Lipinski definition) is 0. The van der Waals surface area contributed by atoms with Crippen molar-refractivity contribution in [3.63, 3.8) is 0 Å². The lowest BCUT2D eigenvalue weighted by atomic mass is 10.2. The number of ether oxygens (including phenoxy) is 2. The molecule has 0 aromatic heterocycles. The molecule has 2 amide bonds. The van der Waals surface area contributed by atoms with E-state index in [4.69, 9.17) is 9.47 Å². The molecule has 0 fully saturated rings. The maximum absolute atomic E-state index is 11.6. The Hall–Kier alpha value is -1.72. The van der Waals surface area contributed by atoms with Crippen molar-refractivity contribution in [3.05, 3.63) is 11.6 Å². The molecule has 22 heavy (non-hydrogen) atoms. The van der Waals surface area contributed by atoms with Crippen LogP contribution in [0.25, 0.3) is 0 Å². The minimum atomic E-state index is -0.304. The van der Waals surface area contributed by atoms with Crippen molar-refractivity contribution < 1.29 is 19.1 Å². The molecule has 0 aliphatic rings. The molecular weight excluding hydrogens is 284 g/mol. The van der Waals surface area contributed by atoms with Crippen molar-refractivity contribution in [2.45, 2.75) is 41.0 Å². The molecule has 0 aliphatic carbocycles. The number of carbonyl (C=O) groups excluding carboxylic acids is 2. The van der Waals surface area contributed by atoms with Crippen molar-refractivity contribution >= 4 is 12.2 Å². The molecule has 0 aliphatic heterocycles. The molecule has 0 unspecified atom stereocenters. The summed E-state index contributed by atoms with van der Waals surface area (Å²) in [4.78, 5) is 26.5. The van der Waals surface area contributed by atoms with E-state index in [2.05, 4.69) is 0 Å². The Bertz CT molecular complexity index is 361. The molecular formula is C16H30N2O4. The fourth-order valence-electron chi connectivity index (χ4n) is 1.80. The molecule has 0 rings (SSSR count). The van der Waals surface area contributed by atoms with Gasteiger partial charge in [-0.05, 0) is 40.7 Å². The first-order valence-corrected chi connectivity index (χ1v) is 7.98. The highest BCUT2D eigenvalue weighted by molar-refractivity contribution is 5.67. The Morgan fingerprint density at radius 1 is 0.864 bits per heavy atom. The third-order valence-electron chi connectivity index (χ3n) is 3.40. The highest BCUT2D eigenvalue weighted by Crippen LogP contribution is 2.03. The molecule has 0 saturated carbocycles. The average Bonchev–Trinajstić information content (AvgIpc) is 2.49. The van der Waals surface area contributed by atoms with E-state index in [1.165, 1.54) is 0 Å². The molecule has 0 radical (unpaired) electrons. The molecule has 6 heteroatoms. The summed E-state index contributed by atoms with van der Waals surface area (Å²) in [6, 6.07) is 0. The van der Waals surface area contributed by atoms with Gasteiger partial charge >= 0.3 is 12.2 Å². The predicted octanol–water partition coefficient (Wildman–Crippen LogP) is 3.28. The van der Waals surface area contributed by atoms with Crippen LogP contribution in [0.15, 0.2) is 11.6 Å². The van der Waals surface area contributed by atoms with Crippen LogP contribution in [0.2, 0.25) is 0 Å². The summed E-state index contributed by atoms with van der Waals surface area (Å²) in [5.41, 5.74) is 1.03. The third kappa shape index (κ3) is 7.90. The van der Waals surface area contributed by atoms with Gasteiger partial charge in [-0.1, -0.05) is 5.57 Å². The van der Waals surface area contributed by atoms with Gasteiger partial charge in [-0.25, -0.2) is 9.59 Å². The second-order valence-corrected chi connectivity index (χ2v) is 4.84. The van der Waals surface area contributed by atoms with Crippen LogP contribution >= 0.6 is 0 Å². The summed E-state index contributed by atoms with van der Waals surface area (Å²) in [5, 5.41) is 0. The average molecular weight is 314 g/mol. The maximum Gasteiger partial charge on any atom is 0.410 e. The molecule has 0 spiro atoms. The second kappa shape index (κ2) is 11.9. The molecule has 0 atom stereocenters. The Kier molecular flexibility index (Phi) is 11.0. The summed E-state index contributed by atoms with van der Waals surface area (Å²) in [7, 11) is 0. The second-order valence-electron chi connectivity index (χ2n) is 4.84. The molecule has 6 nitrogen and oxygen atoms in total. The summed E-state index contributed by atoms with van der Waals surface area (Å²) < 4.78 is 10.3. The van der Waals surface area contributed by atoms with Gasteiger partial charge in [0.25, 0.3) is 0 Å². The highest BCUT2D eigenvalue weighted by Gasteiger charge is 2.10. The Labute approximate surface area is 134 Å². The van der Waals surface area contributed by atoms with Crippen molar-refractivity contribution in [1.82, 2.24) is 9.80 Å². The number of carbonyl (C=O) groups is 2. The van der Waals surface area contributed by atoms with Gasteiger partial charge in [0.1, 0.15) is 6.61 Å². The van der Waals surface area contributed by atoms with E-state index in [1.807, 2.05) is 40.7 Å². The van der Waals surface area contributed by atoms with E-state index < -0.39 is 0 Å². The van der Waals surface area contributed by atoms with E-state index in [1.54, 1.807) is 9.80 Å². The van der Waals surface area contributed by atoms with Gasteiger partial charge < -0.3 is 19.3 Å². The van der Waals surface area contributed by atoms with Crippen LogP contribution in [0.3, 0.4) is 0 Å². The Morgan fingerprint density at radius 3 is 1.77 bits per heavy atom. The topological polar surface area (TPSA) is 59.1 Å².